The van der Waals surface area contributed by atoms with E-state index < -0.39 is 103 Å². The Kier molecular flexibility index (Phi) is 19.8. The molecule has 4 aromatic carbocycles. The van der Waals surface area contributed by atoms with Gasteiger partial charge >= 0.3 is 0 Å². The van der Waals surface area contributed by atoms with Crippen LogP contribution in [-0.4, -0.2) is 137 Å². The first-order valence-electron chi connectivity index (χ1n) is 29.4. The maximum absolute atomic E-state index is 14.7. The molecule has 0 bridgehead atoms. The topological polar surface area (TPSA) is 261 Å². The van der Waals surface area contributed by atoms with E-state index >= 15 is 0 Å². The SMILES string of the molecule is CN[C@@H](C)C(=O)N[C@H](C(=O)N1C[C@@H](NS(=O)(=O)c2ccc(-c3ccc(S(=O)(=O)N[C@H]4C[C@@H](C(=O)N[C@@H]5CCCc6ccccc65)N(C(=O)[C@@H](NC(=O)[C@H](C)NC)C(C)(C)C)C4)cc3)cc2)C[C@H]1C(=O)CC1CCCc2ccccc21)C(C)(C)C. The fraction of sp³-hybridized carbons (Fsp3) is 0.524. The molecule has 2 heterocycles. The van der Waals surface area contributed by atoms with Gasteiger partial charge in [0.2, 0.25) is 49.6 Å². The van der Waals surface area contributed by atoms with Crippen molar-refractivity contribution in [3.8, 4) is 11.1 Å². The number of hydrogen-bond donors (Lipinski definition) is 7. The highest BCUT2D eigenvalue weighted by Crippen LogP contribution is 2.37. The molecule has 0 aromatic heterocycles. The van der Waals surface area contributed by atoms with Crippen LogP contribution < -0.4 is 36.0 Å². The fourth-order valence-electron chi connectivity index (χ4n) is 12.2. The summed E-state index contributed by atoms with van der Waals surface area (Å²) in [4.78, 5) is 87.4. The van der Waals surface area contributed by atoms with Gasteiger partial charge in [0.05, 0.1) is 34.0 Å². The second-order valence-corrected chi connectivity index (χ2v) is 28.8. The molecule has 21 heteroatoms. The number of likely N-dealkylation sites (N-methyl/N-ethyl adjacent to an activating group) is 2. The van der Waals surface area contributed by atoms with Crippen molar-refractivity contribution >= 4 is 55.4 Å². The molecule has 0 spiro atoms. The van der Waals surface area contributed by atoms with E-state index in [1.165, 1.54) is 39.6 Å². The maximum atomic E-state index is 14.7. The van der Waals surface area contributed by atoms with Crippen LogP contribution in [0.5, 0.6) is 0 Å². The Bertz CT molecular complexity index is 3090. The zero-order valence-electron chi connectivity index (χ0n) is 50.1. The Morgan fingerprint density at radius 3 is 1.44 bits per heavy atom. The smallest absolute Gasteiger partial charge is 0.246 e. The second-order valence-electron chi connectivity index (χ2n) is 25.4. The van der Waals surface area contributed by atoms with Gasteiger partial charge in [0.25, 0.3) is 0 Å². The van der Waals surface area contributed by atoms with Crippen molar-refractivity contribution in [1.82, 2.24) is 45.8 Å². The Hall–Kier alpha value is -6.36. The molecule has 7 N–H and O–H groups in total. The Labute approximate surface area is 496 Å². The number of likely N-dealkylation sites (tertiary alicyclic amines) is 2. The molecule has 5 amide bonds. The predicted molar refractivity (Wildman–Crippen MR) is 322 cm³/mol. The number of carbonyl (C=O) groups is 6. The quantitative estimate of drug-likeness (QED) is 0.0587. The first kappa shape index (κ1) is 63.7. The van der Waals surface area contributed by atoms with Crippen LogP contribution in [0.1, 0.15) is 135 Å². The summed E-state index contributed by atoms with van der Waals surface area (Å²) >= 11 is 0. The molecule has 10 atom stereocenters. The number of rotatable bonds is 20. The number of ketones is 1. The van der Waals surface area contributed by atoms with Gasteiger partial charge in [-0.3, -0.25) is 28.8 Å². The van der Waals surface area contributed by atoms with Crippen LogP contribution in [0.2, 0.25) is 0 Å². The van der Waals surface area contributed by atoms with Crippen LogP contribution in [0.15, 0.2) is 107 Å². The maximum Gasteiger partial charge on any atom is 0.246 e. The van der Waals surface area contributed by atoms with Gasteiger partial charge in [0, 0.05) is 31.6 Å². The van der Waals surface area contributed by atoms with Crippen LogP contribution in [0.25, 0.3) is 11.1 Å². The predicted octanol–water partition coefficient (Wildman–Crippen LogP) is 5.40. The lowest BCUT2D eigenvalue weighted by atomic mass is 9.79. The average molecular weight is 1190 g/mol. The van der Waals surface area contributed by atoms with E-state index in [1.807, 2.05) is 84.0 Å². The van der Waals surface area contributed by atoms with E-state index in [1.54, 1.807) is 52.2 Å². The molecule has 2 aliphatic heterocycles. The third kappa shape index (κ3) is 14.6. The highest BCUT2D eigenvalue weighted by Gasteiger charge is 2.48. The van der Waals surface area contributed by atoms with E-state index in [0.717, 1.165) is 48.8 Å². The van der Waals surface area contributed by atoms with Crippen molar-refractivity contribution in [3.63, 3.8) is 0 Å². The molecule has 454 valence electrons. The van der Waals surface area contributed by atoms with Crippen LogP contribution in [0.3, 0.4) is 0 Å². The third-order valence-electron chi connectivity index (χ3n) is 17.2. The molecule has 84 heavy (non-hydrogen) atoms. The molecule has 4 aliphatic rings. The number of benzene rings is 4. The minimum atomic E-state index is -4.24. The number of nitrogens with zero attached hydrogens (tertiary/aromatic N) is 2. The van der Waals surface area contributed by atoms with Crippen molar-refractivity contribution in [2.75, 3.05) is 27.2 Å². The molecule has 4 aromatic rings. The van der Waals surface area contributed by atoms with E-state index in [-0.39, 0.29) is 65.8 Å². The first-order chi connectivity index (χ1) is 39.6. The number of Topliss-reactive ketones (excluding diaryl/α,β-unsaturated/α-hetero) is 1. The van der Waals surface area contributed by atoms with Crippen molar-refractivity contribution < 1.29 is 45.6 Å². The third-order valence-corrected chi connectivity index (χ3v) is 20.3. The summed E-state index contributed by atoms with van der Waals surface area (Å²) in [5, 5.41) is 14.7. The van der Waals surface area contributed by atoms with Gasteiger partial charge in [0.1, 0.15) is 18.1 Å². The van der Waals surface area contributed by atoms with Gasteiger partial charge in [-0.15, -0.1) is 0 Å². The molecule has 19 nitrogen and oxygen atoms in total. The van der Waals surface area contributed by atoms with E-state index in [2.05, 4.69) is 42.1 Å². The standard InChI is InChI=1S/C63H85N9O10S2/c1-38(64-9)57(74)67-55(62(3,4)5)60(77)71-36-45(34-52(71)54(73)33-44-21-15-19-42-17-11-13-22-49(42)44)69-83(79,80)47-29-25-40(26-30-47)41-27-31-48(32-28-41)84(81,82)70-46-35-53(59(76)66-51-24-16-20-43-18-12-14-23-50(43)51)72(37-46)61(78)56(63(6,7)8)68-58(75)39(2)65-10/h11-14,17-18,22-23,25-32,38-39,44-46,51-53,55-56,64-65,69-70H,15-16,19-21,24,33-37H2,1-10H3,(H,66,76)(H,67,74)(H,68,75)/t38-,39-,44?,45-,46-,51+,52-,53-,55+,56+/m0/s1. The van der Waals surface area contributed by atoms with Crippen LogP contribution in [0, 0.1) is 10.8 Å². The van der Waals surface area contributed by atoms with Gasteiger partial charge in [-0.2, -0.15) is 0 Å². The molecule has 2 saturated heterocycles. The van der Waals surface area contributed by atoms with Crippen molar-refractivity contribution in [1.29, 1.82) is 0 Å². The van der Waals surface area contributed by atoms with E-state index in [9.17, 15) is 45.6 Å². The minimum absolute atomic E-state index is 0.0231. The highest BCUT2D eigenvalue weighted by molar-refractivity contribution is 7.89. The van der Waals surface area contributed by atoms with Crippen molar-refractivity contribution in [2.45, 2.75) is 183 Å². The normalized spacial score (nSPS) is 22.4. The molecule has 1 unspecified atom stereocenters. The molecule has 0 saturated carbocycles. The Morgan fingerprint density at radius 2 is 0.976 bits per heavy atom. The lowest BCUT2D eigenvalue weighted by molar-refractivity contribution is -0.144. The summed E-state index contributed by atoms with van der Waals surface area (Å²) in [7, 11) is -5.19. The van der Waals surface area contributed by atoms with E-state index in [0.29, 0.717) is 17.5 Å². The molecule has 8 rings (SSSR count). The summed E-state index contributed by atoms with van der Waals surface area (Å²) in [6.07, 6.45) is 5.27. The summed E-state index contributed by atoms with van der Waals surface area (Å²) in [6, 6.07) is 20.8. The molecule has 2 fully saturated rings. The number of carbonyl (C=O) groups excluding carboxylic acids is 6. The van der Waals surface area contributed by atoms with Crippen LogP contribution in [-0.2, 0) is 61.7 Å². The molecular weight excluding hydrogens is 1110 g/mol. The van der Waals surface area contributed by atoms with E-state index in [4.69, 9.17) is 0 Å². The van der Waals surface area contributed by atoms with Gasteiger partial charge in [-0.25, -0.2) is 26.3 Å². The molecule has 2 aliphatic carbocycles. The number of fused-ring (bicyclic) bond motifs is 2. The fourth-order valence-corrected chi connectivity index (χ4v) is 14.6. The average Bonchev–Trinajstić information content (AvgIpc) is 4.08. The number of nitrogens with one attached hydrogen (secondary N) is 7. The van der Waals surface area contributed by atoms with Gasteiger partial charge in [-0.05, 0) is 154 Å². The largest absolute Gasteiger partial charge is 0.347 e. The number of sulfonamides is 2. The molecular formula is C63H85N9O10S2. The summed E-state index contributed by atoms with van der Waals surface area (Å²) < 4.78 is 62.3. The second kappa shape index (κ2) is 26.1. The zero-order chi connectivity index (χ0) is 61.1. The van der Waals surface area contributed by atoms with Crippen LogP contribution in [0.4, 0.5) is 0 Å². The Balaban J connectivity index is 0.967. The summed E-state index contributed by atoms with van der Waals surface area (Å²) in [6.45, 7) is 14.0. The number of amides is 5. The van der Waals surface area contributed by atoms with Gasteiger partial charge in [-0.1, -0.05) is 114 Å². The first-order valence-corrected chi connectivity index (χ1v) is 32.4. The van der Waals surface area contributed by atoms with Crippen molar-refractivity contribution in [2.24, 2.45) is 10.8 Å². The summed E-state index contributed by atoms with van der Waals surface area (Å²) in [5.41, 5.74) is 4.08. The number of hydrogen-bond acceptors (Lipinski definition) is 12. The lowest BCUT2D eigenvalue weighted by Gasteiger charge is -2.36. The Morgan fingerprint density at radius 1 is 0.560 bits per heavy atom. The zero-order valence-corrected chi connectivity index (χ0v) is 51.7. The van der Waals surface area contributed by atoms with Crippen LogP contribution >= 0.6 is 0 Å². The highest BCUT2D eigenvalue weighted by atomic mass is 32.2. The van der Waals surface area contributed by atoms with Gasteiger partial charge in [0.15, 0.2) is 5.78 Å². The van der Waals surface area contributed by atoms with Gasteiger partial charge < -0.3 is 36.4 Å². The summed E-state index contributed by atoms with van der Waals surface area (Å²) in [5.74, 6) is -2.41. The number of aryl methyl sites for hydroxylation is 2. The molecule has 0 radical (unpaired) electrons. The minimum Gasteiger partial charge on any atom is -0.347 e. The lowest BCUT2D eigenvalue weighted by Crippen LogP contribution is -2.59. The van der Waals surface area contributed by atoms with Crippen molar-refractivity contribution in [3.05, 3.63) is 119 Å². The monoisotopic (exact) mass is 1190 g/mol.